The third kappa shape index (κ3) is 6.61. The minimum atomic E-state index is -1.09. The Kier molecular flexibility index (Phi) is 7.41. The van der Waals surface area contributed by atoms with Crippen LogP contribution in [0, 0.1) is 5.82 Å². The van der Waals surface area contributed by atoms with E-state index in [1.54, 1.807) is 12.1 Å². The van der Waals surface area contributed by atoms with Crippen LogP contribution in [0.4, 0.5) is 4.39 Å². The SMILES string of the molecule is C[C@]1(Cc2ccc(Cl)cc2)Cc2cc(CCC(=O)N(CC(=O)O)Cc3ccc(F)cc3)ccc2O1. The maximum atomic E-state index is 13.2. The molecule has 1 heterocycles. The first-order chi connectivity index (χ1) is 16.7. The first-order valence-electron chi connectivity index (χ1n) is 11.5. The van der Waals surface area contributed by atoms with Crippen LogP contribution in [0.15, 0.2) is 66.7 Å². The van der Waals surface area contributed by atoms with E-state index in [4.69, 9.17) is 16.3 Å². The fourth-order valence-electron chi connectivity index (χ4n) is 4.48. The number of nitrogens with zero attached hydrogens (tertiary/aromatic N) is 1. The van der Waals surface area contributed by atoms with Gasteiger partial charge in [0.1, 0.15) is 23.7 Å². The molecule has 0 saturated heterocycles. The van der Waals surface area contributed by atoms with Gasteiger partial charge in [0.2, 0.25) is 5.91 Å². The maximum absolute atomic E-state index is 13.2. The molecular weight excluding hydrogens is 469 g/mol. The highest BCUT2D eigenvalue weighted by atomic mass is 35.5. The summed E-state index contributed by atoms with van der Waals surface area (Å²) in [5.74, 6) is -0.883. The Balaban J connectivity index is 1.38. The first-order valence-corrected chi connectivity index (χ1v) is 11.9. The molecule has 0 saturated carbocycles. The number of amides is 1. The van der Waals surface area contributed by atoms with Crippen LogP contribution in [0.1, 0.15) is 35.6 Å². The monoisotopic (exact) mass is 495 g/mol. The number of rotatable bonds is 9. The van der Waals surface area contributed by atoms with Crippen LogP contribution >= 0.6 is 11.6 Å². The lowest BCUT2D eigenvalue weighted by atomic mass is 9.91. The summed E-state index contributed by atoms with van der Waals surface area (Å²) in [7, 11) is 0. The predicted octanol–water partition coefficient (Wildman–Crippen LogP) is 5.46. The third-order valence-corrected chi connectivity index (χ3v) is 6.38. The Labute approximate surface area is 209 Å². The summed E-state index contributed by atoms with van der Waals surface area (Å²) in [6.07, 6.45) is 2.17. The Morgan fingerprint density at radius 1 is 1.03 bits per heavy atom. The van der Waals surface area contributed by atoms with Gasteiger partial charge in [-0.15, -0.1) is 0 Å². The summed E-state index contributed by atoms with van der Waals surface area (Å²) >= 11 is 5.99. The van der Waals surface area contributed by atoms with Crippen molar-refractivity contribution in [2.75, 3.05) is 6.54 Å². The van der Waals surface area contributed by atoms with Gasteiger partial charge in [0, 0.05) is 30.8 Å². The van der Waals surface area contributed by atoms with E-state index >= 15 is 0 Å². The summed E-state index contributed by atoms with van der Waals surface area (Å²) < 4.78 is 19.4. The average molecular weight is 496 g/mol. The van der Waals surface area contributed by atoms with E-state index < -0.39 is 12.5 Å². The number of carboxylic acids is 1. The molecule has 182 valence electrons. The van der Waals surface area contributed by atoms with E-state index in [2.05, 4.69) is 13.0 Å². The number of carbonyl (C=O) groups is 2. The number of carbonyl (C=O) groups excluding carboxylic acids is 1. The molecule has 1 amide bonds. The van der Waals surface area contributed by atoms with E-state index in [1.807, 2.05) is 36.4 Å². The maximum Gasteiger partial charge on any atom is 0.323 e. The topological polar surface area (TPSA) is 66.8 Å². The lowest BCUT2D eigenvalue weighted by Crippen LogP contribution is -2.35. The second kappa shape index (κ2) is 10.5. The summed E-state index contributed by atoms with van der Waals surface area (Å²) in [6, 6.07) is 19.4. The number of hydrogen-bond acceptors (Lipinski definition) is 3. The summed E-state index contributed by atoms with van der Waals surface area (Å²) in [5, 5.41) is 9.94. The number of benzene rings is 3. The molecule has 0 aliphatic carbocycles. The predicted molar refractivity (Wildman–Crippen MR) is 132 cm³/mol. The number of carboxylic acid groups (broad SMARTS) is 1. The average Bonchev–Trinajstić information content (AvgIpc) is 3.14. The van der Waals surface area contributed by atoms with E-state index in [9.17, 15) is 19.1 Å². The van der Waals surface area contributed by atoms with Gasteiger partial charge in [0.15, 0.2) is 0 Å². The van der Waals surface area contributed by atoms with Gasteiger partial charge in [-0.3, -0.25) is 9.59 Å². The smallest absolute Gasteiger partial charge is 0.323 e. The fraction of sp³-hybridized carbons (Fsp3) is 0.286. The molecule has 0 unspecified atom stereocenters. The van der Waals surface area contributed by atoms with Crippen molar-refractivity contribution in [3.8, 4) is 5.75 Å². The van der Waals surface area contributed by atoms with Gasteiger partial charge in [-0.1, -0.05) is 48.0 Å². The molecule has 3 aromatic rings. The highest BCUT2D eigenvalue weighted by Gasteiger charge is 2.35. The Morgan fingerprint density at radius 3 is 2.37 bits per heavy atom. The van der Waals surface area contributed by atoms with Gasteiger partial charge in [-0.05, 0) is 65.9 Å². The van der Waals surface area contributed by atoms with Crippen LogP contribution in [0.2, 0.25) is 5.02 Å². The van der Waals surface area contributed by atoms with Crippen molar-refractivity contribution in [3.63, 3.8) is 0 Å². The zero-order chi connectivity index (χ0) is 25.0. The number of halogens is 2. The molecule has 3 aromatic carbocycles. The van der Waals surface area contributed by atoms with E-state index in [1.165, 1.54) is 17.0 Å². The molecule has 7 heteroatoms. The molecule has 0 fully saturated rings. The van der Waals surface area contributed by atoms with Crippen LogP contribution < -0.4 is 4.74 Å². The van der Waals surface area contributed by atoms with Crippen molar-refractivity contribution in [2.45, 2.75) is 44.8 Å². The summed E-state index contributed by atoms with van der Waals surface area (Å²) in [5.41, 5.74) is 3.55. The van der Waals surface area contributed by atoms with Gasteiger partial charge >= 0.3 is 5.97 Å². The highest BCUT2D eigenvalue weighted by molar-refractivity contribution is 6.30. The van der Waals surface area contributed by atoms with Crippen molar-refractivity contribution in [2.24, 2.45) is 0 Å². The summed E-state index contributed by atoms with van der Waals surface area (Å²) in [4.78, 5) is 25.4. The Morgan fingerprint density at radius 2 is 1.69 bits per heavy atom. The van der Waals surface area contributed by atoms with E-state index in [0.29, 0.717) is 17.0 Å². The Hall–Kier alpha value is -3.38. The molecular formula is C28H27ClFNO4. The van der Waals surface area contributed by atoms with E-state index in [-0.39, 0.29) is 30.3 Å². The lowest BCUT2D eigenvalue weighted by molar-refractivity contribution is -0.144. The molecule has 0 bridgehead atoms. The second-order valence-corrected chi connectivity index (χ2v) is 9.68. The van der Waals surface area contributed by atoms with Crippen LogP contribution in [-0.4, -0.2) is 34.0 Å². The minimum Gasteiger partial charge on any atom is -0.487 e. The minimum absolute atomic E-state index is 0.118. The molecule has 1 atom stereocenters. The first kappa shape index (κ1) is 24.7. The molecule has 1 aliphatic rings. The summed E-state index contributed by atoms with van der Waals surface area (Å²) in [6.45, 7) is 1.80. The van der Waals surface area contributed by atoms with Crippen molar-refractivity contribution < 1.29 is 23.8 Å². The quantitative estimate of drug-likeness (QED) is 0.428. The lowest BCUT2D eigenvalue weighted by Gasteiger charge is -2.24. The highest BCUT2D eigenvalue weighted by Crippen LogP contribution is 2.37. The molecule has 4 rings (SSSR count). The number of fused-ring (bicyclic) bond motifs is 1. The largest absolute Gasteiger partial charge is 0.487 e. The van der Waals surface area contributed by atoms with E-state index in [0.717, 1.165) is 35.3 Å². The molecule has 0 spiro atoms. The van der Waals surface area contributed by atoms with Crippen molar-refractivity contribution in [1.82, 2.24) is 4.90 Å². The number of hydrogen-bond donors (Lipinski definition) is 1. The van der Waals surface area contributed by atoms with Crippen molar-refractivity contribution in [1.29, 1.82) is 0 Å². The van der Waals surface area contributed by atoms with Crippen LogP contribution in [-0.2, 0) is 35.4 Å². The molecule has 1 aliphatic heterocycles. The van der Waals surface area contributed by atoms with Gasteiger partial charge in [-0.2, -0.15) is 0 Å². The Bertz CT molecular complexity index is 1210. The van der Waals surface area contributed by atoms with Gasteiger partial charge in [0.25, 0.3) is 0 Å². The zero-order valence-corrected chi connectivity index (χ0v) is 20.2. The van der Waals surface area contributed by atoms with Crippen LogP contribution in [0.5, 0.6) is 5.75 Å². The van der Waals surface area contributed by atoms with Crippen LogP contribution in [0.25, 0.3) is 0 Å². The van der Waals surface area contributed by atoms with Gasteiger partial charge < -0.3 is 14.7 Å². The zero-order valence-electron chi connectivity index (χ0n) is 19.5. The number of ether oxygens (including phenoxy) is 1. The van der Waals surface area contributed by atoms with Crippen molar-refractivity contribution >= 4 is 23.5 Å². The molecule has 35 heavy (non-hydrogen) atoms. The molecule has 0 radical (unpaired) electrons. The molecule has 5 nitrogen and oxygen atoms in total. The van der Waals surface area contributed by atoms with Crippen LogP contribution in [0.3, 0.4) is 0 Å². The third-order valence-electron chi connectivity index (χ3n) is 6.13. The van der Waals surface area contributed by atoms with Crippen molar-refractivity contribution in [3.05, 3.63) is 99.8 Å². The fourth-order valence-corrected chi connectivity index (χ4v) is 4.60. The molecule has 0 aromatic heterocycles. The molecule has 1 N–H and O–H groups in total. The number of aryl methyl sites for hydroxylation is 1. The normalized spacial score (nSPS) is 16.4. The standard InChI is InChI=1S/C28H27ClFNO4/c1-28(15-20-2-8-23(29)9-3-20)16-22-14-19(6-12-25(22)35-28)7-13-26(32)31(18-27(33)34)17-21-4-10-24(30)11-5-21/h2-6,8-12,14H,7,13,15-18H2,1H3,(H,33,34)/t28-/m0/s1. The number of aliphatic carboxylic acids is 1. The van der Waals surface area contributed by atoms with Gasteiger partial charge in [-0.25, -0.2) is 4.39 Å². The van der Waals surface area contributed by atoms with Gasteiger partial charge in [0.05, 0.1) is 0 Å². The second-order valence-electron chi connectivity index (χ2n) is 9.24.